The lowest BCUT2D eigenvalue weighted by molar-refractivity contribution is -0.131. The van der Waals surface area contributed by atoms with Crippen molar-refractivity contribution in [3.05, 3.63) is 48.0 Å². The van der Waals surface area contributed by atoms with E-state index in [1.807, 2.05) is 19.2 Å². The smallest absolute Gasteiger partial charge is 0.239 e. The van der Waals surface area contributed by atoms with Gasteiger partial charge in [-0.25, -0.2) is 0 Å². The number of nitrogens with one attached hydrogen (secondary N) is 1. The number of fused-ring (bicyclic) bond motifs is 1. The van der Waals surface area contributed by atoms with E-state index in [-0.39, 0.29) is 11.9 Å². The van der Waals surface area contributed by atoms with Crippen molar-refractivity contribution in [2.24, 2.45) is 0 Å². The number of carbonyl (C=O) groups is 1. The topological polar surface area (TPSA) is 52.6 Å². The normalized spacial score (nSPS) is 21.2. The molecule has 2 aromatic carbocycles. The SMILES string of the molecule is CN(CCc1cccc2ccccc12)C(=O)[C@H]1C[C@H](O)CN1. The molecule has 0 radical (unpaired) electrons. The Labute approximate surface area is 130 Å². The number of rotatable bonds is 4. The zero-order valence-electron chi connectivity index (χ0n) is 12.8. The Morgan fingerprint density at radius 2 is 2.05 bits per heavy atom. The first kappa shape index (κ1) is 15.0. The van der Waals surface area contributed by atoms with Crippen molar-refractivity contribution in [1.82, 2.24) is 10.2 Å². The minimum absolute atomic E-state index is 0.0665. The van der Waals surface area contributed by atoms with Gasteiger partial charge in [0, 0.05) is 20.1 Å². The molecule has 1 saturated heterocycles. The summed E-state index contributed by atoms with van der Waals surface area (Å²) < 4.78 is 0. The molecule has 1 fully saturated rings. The second-order valence-electron chi connectivity index (χ2n) is 6.00. The summed E-state index contributed by atoms with van der Waals surface area (Å²) in [4.78, 5) is 14.1. The fraction of sp³-hybridized carbons (Fsp3) is 0.389. The van der Waals surface area contributed by atoms with E-state index in [1.54, 1.807) is 4.90 Å². The summed E-state index contributed by atoms with van der Waals surface area (Å²) in [5.74, 6) is 0.0665. The minimum Gasteiger partial charge on any atom is -0.392 e. The minimum atomic E-state index is -0.402. The molecule has 1 aliphatic heterocycles. The van der Waals surface area contributed by atoms with Crippen molar-refractivity contribution in [2.45, 2.75) is 25.0 Å². The second-order valence-corrected chi connectivity index (χ2v) is 6.00. The van der Waals surface area contributed by atoms with Crippen LogP contribution in [0.15, 0.2) is 42.5 Å². The summed E-state index contributed by atoms with van der Waals surface area (Å²) in [7, 11) is 1.83. The van der Waals surface area contributed by atoms with Crippen LogP contribution in [-0.2, 0) is 11.2 Å². The van der Waals surface area contributed by atoms with E-state index < -0.39 is 6.10 Å². The zero-order chi connectivity index (χ0) is 15.5. The van der Waals surface area contributed by atoms with Gasteiger partial charge in [-0.1, -0.05) is 42.5 Å². The van der Waals surface area contributed by atoms with Crippen LogP contribution in [0.1, 0.15) is 12.0 Å². The Morgan fingerprint density at radius 3 is 2.82 bits per heavy atom. The fourth-order valence-electron chi connectivity index (χ4n) is 3.08. The molecule has 22 heavy (non-hydrogen) atoms. The maximum absolute atomic E-state index is 12.3. The van der Waals surface area contributed by atoms with Crippen LogP contribution in [0.5, 0.6) is 0 Å². The molecule has 0 aliphatic carbocycles. The average molecular weight is 298 g/mol. The third-order valence-electron chi connectivity index (χ3n) is 4.38. The Kier molecular flexibility index (Phi) is 4.41. The van der Waals surface area contributed by atoms with Gasteiger partial charge < -0.3 is 15.3 Å². The molecule has 2 aromatic rings. The number of hydrogen-bond donors (Lipinski definition) is 2. The van der Waals surface area contributed by atoms with E-state index in [0.717, 1.165) is 6.42 Å². The number of nitrogens with zero attached hydrogens (tertiary/aromatic N) is 1. The van der Waals surface area contributed by atoms with Gasteiger partial charge in [-0.2, -0.15) is 0 Å². The summed E-state index contributed by atoms with van der Waals surface area (Å²) in [5, 5.41) is 15.1. The highest BCUT2D eigenvalue weighted by Crippen LogP contribution is 2.19. The molecular formula is C18H22N2O2. The molecule has 2 atom stereocenters. The number of carbonyl (C=O) groups excluding carboxylic acids is 1. The van der Waals surface area contributed by atoms with Gasteiger partial charge in [0.25, 0.3) is 0 Å². The third kappa shape index (κ3) is 3.13. The van der Waals surface area contributed by atoms with Crippen LogP contribution in [0.3, 0.4) is 0 Å². The van der Waals surface area contributed by atoms with Crippen molar-refractivity contribution in [3.8, 4) is 0 Å². The Balaban J connectivity index is 1.65. The number of amides is 1. The first-order valence-corrected chi connectivity index (χ1v) is 7.78. The lowest BCUT2D eigenvalue weighted by Gasteiger charge is -2.21. The first-order valence-electron chi connectivity index (χ1n) is 7.78. The molecule has 0 spiro atoms. The van der Waals surface area contributed by atoms with Crippen molar-refractivity contribution < 1.29 is 9.90 Å². The molecule has 0 saturated carbocycles. The number of likely N-dealkylation sites (N-methyl/N-ethyl adjacent to an activating group) is 1. The largest absolute Gasteiger partial charge is 0.392 e. The molecule has 116 valence electrons. The molecule has 1 aliphatic rings. The predicted octanol–water partition coefficient (Wildman–Crippen LogP) is 1.56. The van der Waals surface area contributed by atoms with E-state index in [1.165, 1.54) is 16.3 Å². The summed E-state index contributed by atoms with van der Waals surface area (Å²) >= 11 is 0. The van der Waals surface area contributed by atoms with Gasteiger partial charge in [0.15, 0.2) is 0 Å². The van der Waals surface area contributed by atoms with Crippen molar-refractivity contribution in [2.75, 3.05) is 20.1 Å². The first-order chi connectivity index (χ1) is 10.6. The summed E-state index contributed by atoms with van der Waals surface area (Å²) in [5.41, 5.74) is 1.26. The van der Waals surface area contributed by atoms with E-state index in [0.29, 0.717) is 19.5 Å². The van der Waals surface area contributed by atoms with E-state index in [9.17, 15) is 9.90 Å². The highest BCUT2D eigenvalue weighted by Gasteiger charge is 2.29. The van der Waals surface area contributed by atoms with Crippen LogP contribution >= 0.6 is 0 Å². The van der Waals surface area contributed by atoms with Gasteiger partial charge in [-0.15, -0.1) is 0 Å². The van der Waals surface area contributed by atoms with Crippen molar-refractivity contribution >= 4 is 16.7 Å². The monoisotopic (exact) mass is 298 g/mol. The van der Waals surface area contributed by atoms with Gasteiger partial charge in [-0.3, -0.25) is 4.79 Å². The quantitative estimate of drug-likeness (QED) is 0.901. The van der Waals surface area contributed by atoms with Gasteiger partial charge in [0.2, 0.25) is 5.91 Å². The molecule has 0 aromatic heterocycles. The van der Waals surface area contributed by atoms with Crippen molar-refractivity contribution in [1.29, 1.82) is 0 Å². The fourth-order valence-corrected chi connectivity index (χ4v) is 3.08. The molecule has 3 rings (SSSR count). The Morgan fingerprint density at radius 1 is 1.27 bits per heavy atom. The lowest BCUT2D eigenvalue weighted by atomic mass is 10.0. The molecule has 0 unspecified atom stereocenters. The summed E-state index contributed by atoms with van der Waals surface area (Å²) in [6.45, 7) is 1.19. The lowest BCUT2D eigenvalue weighted by Crippen LogP contribution is -2.42. The highest BCUT2D eigenvalue weighted by atomic mass is 16.3. The van der Waals surface area contributed by atoms with E-state index in [2.05, 4.69) is 35.6 Å². The van der Waals surface area contributed by atoms with Crippen LogP contribution in [0.2, 0.25) is 0 Å². The zero-order valence-corrected chi connectivity index (χ0v) is 12.8. The van der Waals surface area contributed by atoms with Crippen LogP contribution in [0, 0.1) is 0 Å². The molecule has 2 N–H and O–H groups in total. The number of aliphatic hydroxyl groups is 1. The molecular weight excluding hydrogens is 276 g/mol. The van der Waals surface area contributed by atoms with Crippen LogP contribution < -0.4 is 5.32 Å². The Hall–Kier alpha value is -1.91. The summed E-state index contributed by atoms with van der Waals surface area (Å²) in [6, 6.07) is 14.4. The Bertz CT molecular complexity index is 666. The molecule has 4 heteroatoms. The van der Waals surface area contributed by atoms with Crippen LogP contribution in [0.25, 0.3) is 10.8 Å². The molecule has 4 nitrogen and oxygen atoms in total. The number of benzene rings is 2. The van der Waals surface area contributed by atoms with Gasteiger partial charge in [0.1, 0.15) is 0 Å². The molecule has 1 heterocycles. The predicted molar refractivity (Wildman–Crippen MR) is 87.7 cm³/mol. The maximum Gasteiger partial charge on any atom is 0.239 e. The number of aliphatic hydroxyl groups excluding tert-OH is 1. The summed E-state index contributed by atoms with van der Waals surface area (Å²) in [6.07, 6.45) is 0.941. The van der Waals surface area contributed by atoms with E-state index in [4.69, 9.17) is 0 Å². The van der Waals surface area contributed by atoms with Gasteiger partial charge in [-0.05, 0) is 29.2 Å². The average Bonchev–Trinajstić information content (AvgIpc) is 2.98. The van der Waals surface area contributed by atoms with Crippen LogP contribution in [0.4, 0.5) is 0 Å². The second kappa shape index (κ2) is 6.46. The number of β-amino-alcohol motifs (C(OH)–C–C–N with tert-alkyl or cyclic N) is 1. The highest BCUT2D eigenvalue weighted by molar-refractivity contribution is 5.86. The number of hydrogen-bond acceptors (Lipinski definition) is 3. The van der Waals surface area contributed by atoms with E-state index >= 15 is 0 Å². The third-order valence-corrected chi connectivity index (χ3v) is 4.38. The van der Waals surface area contributed by atoms with Crippen molar-refractivity contribution in [3.63, 3.8) is 0 Å². The van der Waals surface area contributed by atoms with Gasteiger partial charge in [0.05, 0.1) is 12.1 Å². The van der Waals surface area contributed by atoms with Crippen LogP contribution in [-0.4, -0.2) is 48.2 Å². The van der Waals surface area contributed by atoms with Gasteiger partial charge >= 0.3 is 0 Å². The molecule has 0 bridgehead atoms. The maximum atomic E-state index is 12.3. The standard InChI is InChI=1S/C18H22N2O2/c1-20(18(22)17-11-15(21)12-19-17)10-9-14-7-4-6-13-5-2-3-8-16(13)14/h2-8,15,17,19,21H,9-12H2,1H3/t15-,17+/m0/s1. The molecule has 1 amide bonds.